The Morgan fingerprint density at radius 3 is 2.55 bits per heavy atom. The summed E-state index contributed by atoms with van der Waals surface area (Å²) in [7, 11) is 1.50. The van der Waals surface area contributed by atoms with Gasteiger partial charge in [0.05, 0.1) is 0 Å². The van der Waals surface area contributed by atoms with Gasteiger partial charge in [-0.15, -0.1) is 5.10 Å². The zero-order chi connectivity index (χ0) is 16.3. The number of nitrogens with zero attached hydrogens (tertiary/aromatic N) is 2. The molecule has 0 aliphatic heterocycles. The molecule has 2 aromatic rings. The number of rotatable bonds is 5. The summed E-state index contributed by atoms with van der Waals surface area (Å²) in [6.07, 6.45) is 0.841. The van der Waals surface area contributed by atoms with Gasteiger partial charge in [0, 0.05) is 13.1 Å². The van der Waals surface area contributed by atoms with Crippen LogP contribution in [0.5, 0.6) is 0 Å². The van der Waals surface area contributed by atoms with Crippen LogP contribution >= 0.6 is 0 Å². The van der Waals surface area contributed by atoms with Crippen molar-refractivity contribution in [2.24, 2.45) is 12.5 Å². The maximum absolute atomic E-state index is 12.2. The Morgan fingerprint density at radius 1 is 1.36 bits per heavy atom. The van der Waals surface area contributed by atoms with E-state index in [4.69, 9.17) is 0 Å². The summed E-state index contributed by atoms with van der Waals surface area (Å²) in [5.74, 6) is -0.332. The van der Waals surface area contributed by atoms with Crippen molar-refractivity contribution in [3.63, 3.8) is 0 Å². The van der Waals surface area contributed by atoms with E-state index in [1.807, 2.05) is 25.1 Å². The minimum absolute atomic E-state index is 0.0369. The fraction of sp³-hybridized carbons (Fsp3) is 0.438. The third-order valence-electron chi connectivity index (χ3n) is 4.01. The number of hydrogen-bond acceptors (Lipinski definition) is 3. The molecule has 1 heterocycles. The number of aromatic nitrogens is 3. The molecule has 0 aliphatic rings. The predicted molar refractivity (Wildman–Crippen MR) is 84.7 cm³/mol. The van der Waals surface area contributed by atoms with Gasteiger partial charge in [-0.25, -0.2) is 9.48 Å². The van der Waals surface area contributed by atoms with Crippen molar-refractivity contribution in [2.75, 3.05) is 0 Å². The van der Waals surface area contributed by atoms with Gasteiger partial charge < -0.3 is 5.32 Å². The predicted octanol–water partition coefficient (Wildman–Crippen LogP) is 1.50. The van der Waals surface area contributed by atoms with E-state index in [1.165, 1.54) is 12.6 Å². The van der Waals surface area contributed by atoms with Gasteiger partial charge in [0.15, 0.2) is 0 Å². The molecule has 2 N–H and O–H groups in total. The first kappa shape index (κ1) is 16.0. The maximum Gasteiger partial charge on any atom is 0.343 e. The molecule has 0 radical (unpaired) electrons. The minimum atomic E-state index is -0.402. The Bertz CT molecular complexity index is 700. The Labute approximate surface area is 129 Å². The van der Waals surface area contributed by atoms with Crippen LogP contribution in [0.3, 0.4) is 0 Å². The van der Waals surface area contributed by atoms with Crippen LogP contribution in [0.15, 0.2) is 35.1 Å². The molecule has 2 rings (SSSR count). The van der Waals surface area contributed by atoms with Crippen molar-refractivity contribution in [3.8, 4) is 0 Å². The quantitative estimate of drug-likeness (QED) is 0.878. The molecule has 22 heavy (non-hydrogen) atoms. The van der Waals surface area contributed by atoms with Crippen LogP contribution in [-0.2, 0) is 13.5 Å². The summed E-state index contributed by atoms with van der Waals surface area (Å²) in [5.41, 5.74) is 0.688. The average molecular weight is 302 g/mol. The highest BCUT2D eigenvalue weighted by Crippen LogP contribution is 2.26. The number of hydrogen-bond donors (Lipinski definition) is 2. The summed E-state index contributed by atoms with van der Waals surface area (Å²) in [6.45, 7) is 6.17. The average Bonchev–Trinajstić information content (AvgIpc) is 2.79. The molecule has 0 saturated heterocycles. The molecule has 1 aromatic heterocycles. The van der Waals surface area contributed by atoms with Crippen molar-refractivity contribution < 1.29 is 4.79 Å². The summed E-state index contributed by atoms with van der Waals surface area (Å²) in [6, 6.07) is 10.1. The molecule has 0 bridgehead atoms. The number of carbonyl (C=O) groups is 1. The zero-order valence-electron chi connectivity index (χ0n) is 13.4. The third kappa shape index (κ3) is 3.63. The van der Waals surface area contributed by atoms with Gasteiger partial charge in [-0.3, -0.25) is 9.78 Å². The van der Waals surface area contributed by atoms with Crippen LogP contribution in [0.1, 0.15) is 37.0 Å². The molecule has 0 unspecified atom stereocenters. The third-order valence-corrected chi connectivity index (χ3v) is 4.01. The summed E-state index contributed by atoms with van der Waals surface area (Å²) in [5, 5.41) is 6.78. The SMILES string of the molecule is C[C@@H](NC(=O)c1nn(C)c(=O)[nH]1)C(C)(C)Cc1ccccc1. The lowest BCUT2D eigenvalue weighted by Gasteiger charge is -2.32. The molecule has 0 spiro atoms. The van der Waals surface area contributed by atoms with Crippen LogP contribution in [0, 0.1) is 5.41 Å². The first-order chi connectivity index (χ1) is 10.3. The van der Waals surface area contributed by atoms with Crippen molar-refractivity contribution in [1.82, 2.24) is 20.1 Å². The molecule has 1 atom stereocenters. The number of H-pyrrole nitrogens is 1. The smallest absolute Gasteiger partial charge is 0.343 e. The van der Waals surface area contributed by atoms with Gasteiger partial charge in [0.1, 0.15) is 0 Å². The van der Waals surface area contributed by atoms with Crippen LogP contribution in [0.25, 0.3) is 0 Å². The van der Waals surface area contributed by atoms with Gasteiger partial charge in [-0.1, -0.05) is 44.2 Å². The number of carbonyl (C=O) groups excluding carboxylic acids is 1. The Kier molecular flexibility index (Phi) is 4.49. The van der Waals surface area contributed by atoms with Gasteiger partial charge in [0.25, 0.3) is 5.91 Å². The van der Waals surface area contributed by atoms with E-state index in [-0.39, 0.29) is 23.2 Å². The highest BCUT2D eigenvalue weighted by molar-refractivity contribution is 5.90. The standard InChI is InChI=1S/C16H22N4O2/c1-11(16(2,3)10-12-8-6-5-7-9-12)17-14(21)13-18-15(22)20(4)19-13/h5-9,11H,10H2,1-4H3,(H,17,21)(H,18,19,22)/t11-/m1/s1. The molecule has 1 amide bonds. The molecule has 6 heteroatoms. The van der Waals surface area contributed by atoms with Crippen molar-refractivity contribution in [1.29, 1.82) is 0 Å². The Balaban J connectivity index is 2.05. The van der Waals surface area contributed by atoms with Crippen LogP contribution < -0.4 is 11.0 Å². The number of aryl methyl sites for hydroxylation is 1. The summed E-state index contributed by atoms with van der Waals surface area (Å²) in [4.78, 5) is 25.9. The second kappa shape index (κ2) is 6.17. The van der Waals surface area contributed by atoms with E-state index in [2.05, 4.69) is 41.4 Å². The first-order valence-corrected chi connectivity index (χ1v) is 7.28. The lowest BCUT2D eigenvalue weighted by molar-refractivity contribution is 0.0892. The van der Waals surface area contributed by atoms with E-state index in [9.17, 15) is 9.59 Å². The zero-order valence-corrected chi connectivity index (χ0v) is 13.4. The Hall–Kier alpha value is -2.37. The highest BCUT2D eigenvalue weighted by atomic mass is 16.2. The summed E-state index contributed by atoms with van der Waals surface area (Å²) >= 11 is 0. The van der Waals surface area contributed by atoms with Gasteiger partial charge in [-0.2, -0.15) is 0 Å². The fourth-order valence-electron chi connectivity index (χ4n) is 2.24. The molecule has 0 saturated carbocycles. The number of aromatic amines is 1. The molecule has 0 fully saturated rings. The topological polar surface area (TPSA) is 79.8 Å². The van der Waals surface area contributed by atoms with E-state index in [0.717, 1.165) is 11.1 Å². The van der Waals surface area contributed by atoms with Crippen molar-refractivity contribution >= 4 is 5.91 Å². The molecule has 0 aliphatic carbocycles. The number of nitrogens with one attached hydrogen (secondary N) is 2. The van der Waals surface area contributed by atoms with Gasteiger partial charge >= 0.3 is 5.69 Å². The largest absolute Gasteiger partial charge is 0.346 e. The fourth-order valence-corrected chi connectivity index (χ4v) is 2.24. The van der Waals surface area contributed by atoms with E-state index in [1.54, 1.807) is 0 Å². The molecule has 118 valence electrons. The second-order valence-electron chi connectivity index (χ2n) is 6.25. The maximum atomic E-state index is 12.2. The molecule has 6 nitrogen and oxygen atoms in total. The van der Waals surface area contributed by atoms with Crippen LogP contribution in [0.2, 0.25) is 0 Å². The normalized spacial score (nSPS) is 12.9. The van der Waals surface area contributed by atoms with E-state index < -0.39 is 5.69 Å². The highest BCUT2D eigenvalue weighted by Gasteiger charge is 2.28. The van der Waals surface area contributed by atoms with Crippen molar-refractivity contribution in [3.05, 3.63) is 52.2 Å². The Morgan fingerprint density at radius 2 is 2.00 bits per heavy atom. The van der Waals surface area contributed by atoms with Crippen molar-refractivity contribution in [2.45, 2.75) is 33.2 Å². The number of amides is 1. The first-order valence-electron chi connectivity index (χ1n) is 7.28. The molecule has 1 aromatic carbocycles. The van der Waals surface area contributed by atoms with Crippen LogP contribution in [-0.4, -0.2) is 26.7 Å². The van der Waals surface area contributed by atoms with Gasteiger partial charge in [0.2, 0.25) is 5.82 Å². The summed E-state index contributed by atoms with van der Waals surface area (Å²) < 4.78 is 1.11. The van der Waals surface area contributed by atoms with Crippen LogP contribution in [0.4, 0.5) is 0 Å². The lowest BCUT2D eigenvalue weighted by Crippen LogP contribution is -2.44. The van der Waals surface area contributed by atoms with E-state index in [0.29, 0.717) is 0 Å². The minimum Gasteiger partial charge on any atom is -0.346 e. The molecular formula is C16H22N4O2. The number of benzene rings is 1. The van der Waals surface area contributed by atoms with Gasteiger partial charge in [-0.05, 0) is 24.3 Å². The lowest BCUT2D eigenvalue weighted by atomic mass is 9.79. The second-order valence-corrected chi connectivity index (χ2v) is 6.25. The monoisotopic (exact) mass is 302 g/mol. The molecular weight excluding hydrogens is 280 g/mol. The van der Waals surface area contributed by atoms with E-state index >= 15 is 0 Å².